The molecule has 1 aliphatic rings. The lowest BCUT2D eigenvalue weighted by Crippen LogP contribution is -2.33. The fourth-order valence-corrected chi connectivity index (χ4v) is 3.32. The SMILES string of the molecule is COc1ccc(CNC2CCCSC2)cc1C. The molecule has 1 fully saturated rings. The fraction of sp³-hybridized carbons (Fsp3) is 0.571. The van der Waals surface area contributed by atoms with Gasteiger partial charge in [-0.2, -0.15) is 11.8 Å². The summed E-state index contributed by atoms with van der Waals surface area (Å²) in [7, 11) is 1.72. The van der Waals surface area contributed by atoms with E-state index in [1.807, 2.05) is 0 Å². The van der Waals surface area contributed by atoms with Crippen molar-refractivity contribution in [1.29, 1.82) is 0 Å². The Bertz CT molecular complexity index is 361. The largest absolute Gasteiger partial charge is 0.496 e. The maximum atomic E-state index is 5.27. The first-order valence-electron chi connectivity index (χ1n) is 6.24. The number of hydrogen-bond donors (Lipinski definition) is 1. The first-order valence-corrected chi connectivity index (χ1v) is 7.39. The van der Waals surface area contributed by atoms with Crippen molar-refractivity contribution in [3.63, 3.8) is 0 Å². The predicted octanol–water partition coefficient (Wildman–Crippen LogP) is 2.99. The molecule has 2 nitrogen and oxygen atoms in total. The zero-order chi connectivity index (χ0) is 12.1. The molecule has 0 amide bonds. The van der Waals surface area contributed by atoms with Gasteiger partial charge in [0, 0.05) is 18.3 Å². The summed E-state index contributed by atoms with van der Waals surface area (Å²) in [4.78, 5) is 0. The standard InChI is InChI=1S/C14H21NOS/c1-11-8-12(5-6-14(11)16-2)9-15-13-4-3-7-17-10-13/h5-6,8,13,15H,3-4,7,9-10H2,1-2H3. The lowest BCUT2D eigenvalue weighted by atomic mass is 10.1. The highest BCUT2D eigenvalue weighted by atomic mass is 32.2. The van der Waals surface area contributed by atoms with Gasteiger partial charge in [-0.15, -0.1) is 0 Å². The van der Waals surface area contributed by atoms with Gasteiger partial charge in [0.05, 0.1) is 7.11 Å². The summed E-state index contributed by atoms with van der Waals surface area (Å²) in [5.74, 6) is 3.57. The molecular formula is C14H21NOS. The monoisotopic (exact) mass is 251 g/mol. The molecule has 1 unspecified atom stereocenters. The molecule has 1 saturated heterocycles. The van der Waals surface area contributed by atoms with Gasteiger partial charge in [0.1, 0.15) is 5.75 Å². The second kappa shape index (κ2) is 6.31. The van der Waals surface area contributed by atoms with Crippen molar-refractivity contribution in [3.8, 4) is 5.75 Å². The zero-order valence-corrected chi connectivity index (χ0v) is 11.5. The fourth-order valence-electron chi connectivity index (χ4n) is 2.21. The zero-order valence-electron chi connectivity index (χ0n) is 10.7. The van der Waals surface area contributed by atoms with Crippen molar-refractivity contribution in [2.75, 3.05) is 18.6 Å². The molecule has 0 radical (unpaired) electrons. The minimum absolute atomic E-state index is 0.691. The number of rotatable bonds is 4. The van der Waals surface area contributed by atoms with Gasteiger partial charge in [0.2, 0.25) is 0 Å². The van der Waals surface area contributed by atoms with Gasteiger partial charge in [-0.3, -0.25) is 0 Å². The number of ether oxygens (including phenoxy) is 1. The van der Waals surface area contributed by atoms with E-state index in [4.69, 9.17) is 4.74 Å². The number of methoxy groups -OCH3 is 1. The van der Waals surface area contributed by atoms with Gasteiger partial charge in [-0.05, 0) is 42.7 Å². The summed E-state index contributed by atoms with van der Waals surface area (Å²) < 4.78 is 5.27. The van der Waals surface area contributed by atoms with Gasteiger partial charge in [-0.25, -0.2) is 0 Å². The predicted molar refractivity (Wildman–Crippen MR) is 74.9 cm³/mol. The van der Waals surface area contributed by atoms with E-state index in [1.165, 1.54) is 35.5 Å². The molecule has 0 aliphatic carbocycles. The topological polar surface area (TPSA) is 21.3 Å². The maximum Gasteiger partial charge on any atom is 0.121 e. The van der Waals surface area contributed by atoms with E-state index in [0.717, 1.165) is 12.3 Å². The summed E-state index contributed by atoms with van der Waals surface area (Å²) in [6, 6.07) is 7.11. The van der Waals surface area contributed by atoms with E-state index in [2.05, 4.69) is 42.2 Å². The van der Waals surface area contributed by atoms with Crippen LogP contribution in [0.1, 0.15) is 24.0 Å². The Morgan fingerprint density at radius 3 is 3.00 bits per heavy atom. The maximum absolute atomic E-state index is 5.27. The number of hydrogen-bond acceptors (Lipinski definition) is 3. The van der Waals surface area contributed by atoms with Crippen molar-refractivity contribution in [2.45, 2.75) is 32.4 Å². The summed E-state index contributed by atoms with van der Waals surface area (Å²) in [5.41, 5.74) is 2.56. The number of thioether (sulfide) groups is 1. The summed E-state index contributed by atoms with van der Waals surface area (Å²) in [6.45, 7) is 3.06. The van der Waals surface area contributed by atoms with E-state index < -0.39 is 0 Å². The molecule has 1 heterocycles. The van der Waals surface area contributed by atoms with Crippen molar-refractivity contribution in [2.24, 2.45) is 0 Å². The van der Waals surface area contributed by atoms with Crippen LogP contribution >= 0.6 is 11.8 Å². The molecule has 1 aromatic carbocycles. The molecule has 1 N–H and O–H groups in total. The quantitative estimate of drug-likeness (QED) is 0.889. The van der Waals surface area contributed by atoms with Crippen LogP contribution in [-0.2, 0) is 6.54 Å². The highest BCUT2D eigenvalue weighted by Crippen LogP contribution is 2.20. The summed E-state index contributed by atoms with van der Waals surface area (Å²) in [6.07, 6.45) is 2.67. The third-order valence-electron chi connectivity index (χ3n) is 3.21. The molecule has 0 aromatic heterocycles. The number of aryl methyl sites for hydroxylation is 1. The van der Waals surface area contributed by atoms with Crippen LogP contribution in [0.25, 0.3) is 0 Å². The third-order valence-corrected chi connectivity index (χ3v) is 4.43. The van der Waals surface area contributed by atoms with Crippen molar-refractivity contribution >= 4 is 11.8 Å². The minimum Gasteiger partial charge on any atom is -0.496 e. The van der Waals surface area contributed by atoms with Crippen molar-refractivity contribution < 1.29 is 4.74 Å². The van der Waals surface area contributed by atoms with Crippen molar-refractivity contribution in [1.82, 2.24) is 5.32 Å². The lowest BCUT2D eigenvalue weighted by Gasteiger charge is -2.22. The van der Waals surface area contributed by atoms with Crippen LogP contribution in [0.15, 0.2) is 18.2 Å². The number of benzene rings is 1. The number of nitrogens with one attached hydrogen (secondary N) is 1. The lowest BCUT2D eigenvalue weighted by molar-refractivity contribution is 0.411. The Morgan fingerprint density at radius 1 is 1.47 bits per heavy atom. The molecule has 1 aliphatic heterocycles. The Kier molecular flexibility index (Phi) is 4.75. The molecule has 0 bridgehead atoms. The highest BCUT2D eigenvalue weighted by Gasteiger charge is 2.12. The molecule has 17 heavy (non-hydrogen) atoms. The molecule has 0 saturated carbocycles. The molecule has 94 valence electrons. The molecule has 2 rings (SSSR count). The normalized spacial score (nSPS) is 20.2. The second-order valence-electron chi connectivity index (χ2n) is 4.60. The molecule has 3 heteroatoms. The van der Waals surface area contributed by atoms with E-state index in [9.17, 15) is 0 Å². The molecule has 1 aromatic rings. The molecule has 0 spiro atoms. The first-order chi connectivity index (χ1) is 8.29. The van der Waals surface area contributed by atoms with Crippen LogP contribution in [0, 0.1) is 6.92 Å². The van der Waals surface area contributed by atoms with Crippen LogP contribution in [-0.4, -0.2) is 24.7 Å². The van der Waals surface area contributed by atoms with Crippen LogP contribution in [0.4, 0.5) is 0 Å². The van der Waals surface area contributed by atoms with Gasteiger partial charge in [0.15, 0.2) is 0 Å². The Morgan fingerprint density at radius 2 is 2.35 bits per heavy atom. The third kappa shape index (κ3) is 3.65. The molecular weight excluding hydrogens is 230 g/mol. The Labute approximate surface area is 108 Å². The second-order valence-corrected chi connectivity index (χ2v) is 5.75. The highest BCUT2D eigenvalue weighted by molar-refractivity contribution is 7.99. The van der Waals surface area contributed by atoms with Gasteiger partial charge >= 0.3 is 0 Å². The summed E-state index contributed by atoms with van der Waals surface area (Å²) in [5, 5.41) is 3.64. The van der Waals surface area contributed by atoms with E-state index in [0.29, 0.717) is 6.04 Å². The van der Waals surface area contributed by atoms with Crippen LogP contribution in [0.2, 0.25) is 0 Å². The van der Waals surface area contributed by atoms with E-state index >= 15 is 0 Å². The van der Waals surface area contributed by atoms with E-state index in [1.54, 1.807) is 7.11 Å². The molecule has 1 atom stereocenters. The van der Waals surface area contributed by atoms with Crippen LogP contribution in [0.3, 0.4) is 0 Å². The smallest absolute Gasteiger partial charge is 0.121 e. The van der Waals surface area contributed by atoms with Crippen LogP contribution < -0.4 is 10.1 Å². The van der Waals surface area contributed by atoms with Gasteiger partial charge in [0.25, 0.3) is 0 Å². The average Bonchev–Trinajstić information content (AvgIpc) is 2.38. The Balaban J connectivity index is 1.87. The first kappa shape index (κ1) is 12.8. The van der Waals surface area contributed by atoms with Crippen molar-refractivity contribution in [3.05, 3.63) is 29.3 Å². The summed E-state index contributed by atoms with van der Waals surface area (Å²) >= 11 is 2.06. The Hall–Kier alpha value is -0.670. The van der Waals surface area contributed by atoms with E-state index in [-0.39, 0.29) is 0 Å². The van der Waals surface area contributed by atoms with Gasteiger partial charge in [-0.1, -0.05) is 12.1 Å². The average molecular weight is 251 g/mol. The minimum atomic E-state index is 0.691. The van der Waals surface area contributed by atoms with Crippen LogP contribution in [0.5, 0.6) is 5.75 Å². The van der Waals surface area contributed by atoms with Gasteiger partial charge < -0.3 is 10.1 Å².